The minimum atomic E-state index is -1.14. The highest BCUT2D eigenvalue weighted by atomic mass is 16.5. The van der Waals surface area contributed by atoms with E-state index in [1.165, 1.54) is 23.4 Å². The number of carbonyl (C=O) groups is 1. The van der Waals surface area contributed by atoms with E-state index >= 15 is 0 Å². The maximum atomic E-state index is 12.1. The van der Waals surface area contributed by atoms with Crippen LogP contribution in [-0.2, 0) is 9.53 Å². The molecule has 120 valence electrons. The van der Waals surface area contributed by atoms with Crippen molar-refractivity contribution in [1.29, 1.82) is 5.26 Å². The molecule has 0 aliphatic rings. The van der Waals surface area contributed by atoms with E-state index in [4.69, 9.17) is 4.74 Å². The van der Waals surface area contributed by atoms with Crippen LogP contribution in [0.1, 0.15) is 38.7 Å². The number of ether oxygens (including phenoxy) is 1. The van der Waals surface area contributed by atoms with E-state index < -0.39 is 11.4 Å². The van der Waals surface area contributed by atoms with E-state index in [9.17, 15) is 10.1 Å². The molecule has 0 heterocycles. The van der Waals surface area contributed by atoms with Crippen LogP contribution in [0.3, 0.4) is 0 Å². The first kappa shape index (κ1) is 17.0. The van der Waals surface area contributed by atoms with Gasteiger partial charge < -0.3 is 4.74 Å². The summed E-state index contributed by atoms with van der Waals surface area (Å²) in [7, 11) is 1.33. The zero-order valence-corrected chi connectivity index (χ0v) is 14.2. The maximum absolute atomic E-state index is 12.1. The highest BCUT2D eigenvalue weighted by molar-refractivity contribution is 5.86. The van der Waals surface area contributed by atoms with Gasteiger partial charge in [-0.1, -0.05) is 56.3 Å². The van der Waals surface area contributed by atoms with Gasteiger partial charge in [-0.2, -0.15) is 5.26 Å². The lowest BCUT2D eigenvalue weighted by atomic mass is 9.74. The molecule has 2 aromatic carbocycles. The molecule has 0 aliphatic carbocycles. The zero-order valence-electron chi connectivity index (χ0n) is 14.2. The van der Waals surface area contributed by atoms with Crippen molar-refractivity contribution in [1.82, 2.24) is 0 Å². The number of benzene rings is 2. The molecule has 2 rings (SSSR count). The van der Waals surface area contributed by atoms with Gasteiger partial charge in [0.2, 0.25) is 0 Å². The fourth-order valence-electron chi connectivity index (χ4n) is 3.12. The molecule has 0 fully saturated rings. The summed E-state index contributed by atoms with van der Waals surface area (Å²) in [5.74, 6) is -0.0612. The van der Waals surface area contributed by atoms with Crippen LogP contribution in [0.25, 0.3) is 10.8 Å². The summed E-state index contributed by atoms with van der Waals surface area (Å²) >= 11 is 0. The first-order valence-electron chi connectivity index (χ1n) is 7.90. The highest BCUT2D eigenvalue weighted by Gasteiger charge is 2.38. The minimum absolute atomic E-state index is 0.102. The monoisotopic (exact) mass is 309 g/mol. The van der Waals surface area contributed by atoms with Gasteiger partial charge in [-0.05, 0) is 41.5 Å². The second-order valence-electron chi connectivity index (χ2n) is 6.56. The lowest BCUT2D eigenvalue weighted by Crippen LogP contribution is -2.30. The van der Waals surface area contributed by atoms with E-state index in [1.807, 2.05) is 18.2 Å². The van der Waals surface area contributed by atoms with Crippen molar-refractivity contribution < 1.29 is 9.53 Å². The molecule has 23 heavy (non-hydrogen) atoms. The maximum Gasteiger partial charge on any atom is 0.325 e. The lowest BCUT2D eigenvalue weighted by Gasteiger charge is -2.29. The van der Waals surface area contributed by atoms with E-state index in [2.05, 4.69) is 44.2 Å². The van der Waals surface area contributed by atoms with E-state index in [0.29, 0.717) is 12.3 Å². The molecule has 2 aromatic rings. The quantitative estimate of drug-likeness (QED) is 0.754. The molecular formula is C20H23NO2. The predicted molar refractivity (Wildman–Crippen MR) is 91.9 cm³/mol. The molecule has 3 heteroatoms. The molecule has 0 radical (unpaired) electrons. The molecule has 0 aromatic heterocycles. The molecule has 0 amide bonds. The van der Waals surface area contributed by atoms with Gasteiger partial charge in [0, 0.05) is 0 Å². The average molecular weight is 309 g/mol. The topological polar surface area (TPSA) is 50.1 Å². The fraction of sp³-hybridized carbons (Fsp3) is 0.400. The number of nitrogens with zero attached hydrogens (tertiary/aromatic N) is 1. The number of fused-ring (bicyclic) bond motifs is 1. The van der Waals surface area contributed by atoms with Gasteiger partial charge in [-0.15, -0.1) is 0 Å². The van der Waals surface area contributed by atoms with Crippen LogP contribution in [0.5, 0.6) is 0 Å². The third kappa shape index (κ3) is 3.37. The fourth-order valence-corrected chi connectivity index (χ4v) is 3.12. The Kier molecular flexibility index (Phi) is 5.05. The lowest BCUT2D eigenvalue weighted by molar-refractivity contribution is -0.149. The Morgan fingerprint density at radius 2 is 1.87 bits per heavy atom. The highest BCUT2D eigenvalue weighted by Crippen LogP contribution is 2.39. The van der Waals surface area contributed by atoms with Gasteiger partial charge in [-0.25, -0.2) is 0 Å². The van der Waals surface area contributed by atoms with Crippen LogP contribution in [0.2, 0.25) is 0 Å². The normalized spacial score (nSPS) is 15.0. The molecule has 3 nitrogen and oxygen atoms in total. The number of carbonyl (C=O) groups excluding carboxylic acids is 1. The summed E-state index contributed by atoms with van der Waals surface area (Å²) in [5.41, 5.74) is 0.0455. The molecule has 2 atom stereocenters. The summed E-state index contributed by atoms with van der Waals surface area (Å²) in [4.78, 5) is 12.1. The Morgan fingerprint density at radius 1 is 1.22 bits per heavy atom. The smallest absolute Gasteiger partial charge is 0.325 e. The van der Waals surface area contributed by atoms with Gasteiger partial charge in [-0.3, -0.25) is 4.79 Å². The Morgan fingerprint density at radius 3 is 2.48 bits per heavy atom. The second kappa shape index (κ2) is 6.83. The Bertz CT molecular complexity index is 739. The van der Waals surface area contributed by atoms with Gasteiger partial charge in [0.15, 0.2) is 5.41 Å². The van der Waals surface area contributed by atoms with Crippen molar-refractivity contribution in [2.75, 3.05) is 7.11 Å². The number of hydrogen-bond donors (Lipinski definition) is 0. The van der Waals surface area contributed by atoms with E-state index in [1.54, 1.807) is 6.92 Å². The summed E-state index contributed by atoms with van der Waals surface area (Å²) in [5, 5.41) is 11.9. The van der Waals surface area contributed by atoms with Crippen LogP contribution in [0, 0.1) is 22.7 Å². The van der Waals surface area contributed by atoms with Gasteiger partial charge in [0.05, 0.1) is 13.2 Å². The van der Waals surface area contributed by atoms with Crippen LogP contribution in [0.4, 0.5) is 0 Å². The number of hydrogen-bond acceptors (Lipinski definition) is 3. The summed E-state index contributed by atoms with van der Waals surface area (Å²) in [6, 6.07) is 16.6. The molecule has 0 aliphatic heterocycles. The van der Waals surface area contributed by atoms with E-state index in [0.717, 1.165) is 0 Å². The molecule has 0 N–H and O–H groups in total. The third-order valence-electron chi connectivity index (χ3n) is 4.54. The average Bonchev–Trinajstić information content (AvgIpc) is 2.58. The van der Waals surface area contributed by atoms with Gasteiger partial charge in [0.25, 0.3) is 0 Å². The first-order chi connectivity index (χ1) is 10.9. The molecule has 2 unspecified atom stereocenters. The summed E-state index contributed by atoms with van der Waals surface area (Å²) in [6.45, 7) is 5.92. The van der Waals surface area contributed by atoms with E-state index in [-0.39, 0.29) is 5.92 Å². The Hall–Kier alpha value is -2.34. The minimum Gasteiger partial charge on any atom is -0.468 e. The molecule has 0 spiro atoms. The third-order valence-corrected chi connectivity index (χ3v) is 4.54. The van der Waals surface area contributed by atoms with Crippen molar-refractivity contribution in [2.45, 2.75) is 33.1 Å². The Balaban J connectivity index is 2.50. The molecule has 0 bridgehead atoms. The molecule has 0 saturated carbocycles. The second-order valence-corrected chi connectivity index (χ2v) is 6.56. The number of esters is 1. The van der Waals surface area contributed by atoms with Crippen LogP contribution < -0.4 is 0 Å². The largest absolute Gasteiger partial charge is 0.468 e. The molecule has 0 saturated heterocycles. The number of nitriles is 1. The zero-order chi connectivity index (χ0) is 17.0. The van der Waals surface area contributed by atoms with Crippen molar-refractivity contribution in [3.05, 3.63) is 48.0 Å². The van der Waals surface area contributed by atoms with Crippen molar-refractivity contribution in [3.63, 3.8) is 0 Å². The Labute approximate surface area is 137 Å². The summed E-state index contributed by atoms with van der Waals surface area (Å²) in [6.07, 6.45) is 0.446. The van der Waals surface area contributed by atoms with Gasteiger partial charge >= 0.3 is 5.97 Å². The van der Waals surface area contributed by atoms with Crippen molar-refractivity contribution in [2.24, 2.45) is 11.3 Å². The van der Waals surface area contributed by atoms with Crippen LogP contribution in [-0.4, -0.2) is 13.1 Å². The predicted octanol–water partition coefficient (Wildman–Crippen LogP) is 4.67. The number of methoxy groups -OCH3 is 1. The van der Waals surface area contributed by atoms with Crippen molar-refractivity contribution in [3.8, 4) is 6.07 Å². The summed E-state index contributed by atoms with van der Waals surface area (Å²) < 4.78 is 4.85. The SMILES string of the molecule is COC(=O)C(C)(C#N)CC(c1cccc2ccccc12)C(C)C. The van der Waals surface area contributed by atoms with Crippen LogP contribution >= 0.6 is 0 Å². The first-order valence-corrected chi connectivity index (χ1v) is 7.90. The molecular weight excluding hydrogens is 286 g/mol. The van der Waals surface area contributed by atoms with Crippen LogP contribution in [0.15, 0.2) is 42.5 Å². The number of rotatable bonds is 5. The van der Waals surface area contributed by atoms with Gasteiger partial charge in [0.1, 0.15) is 0 Å². The standard InChI is InChI=1S/C20H23NO2/c1-14(2)18(12-20(3,13-21)19(22)23-4)17-11-7-9-15-8-5-6-10-16(15)17/h5-11,14,18H,12H2,1-4H3. The van der Waals surface area contributed by atoms with Crippen molar-refractivity contribution >= 4 is 16.7 Å².